The highest BCUT2D eigenvalue weighted by Gasteiger charge is 2.55. The van der Waals surface area contributed by atoms with Gasteiger partial charge in [0.1, 0.15) is 5.71 Å². The van der Waals surface area contributed by atoms with Gasteiger partial charge in [-0.3, -0.25) is 0 Å². The normalized spacial score (nSPS) is 18.4. The fourth-order valence-electron chi connectivity index (χ4n) is 4.22. The predicted molar refractivity (Wildman–Crippen MR) is 98.8 cm³/mol. The van der Waals surface area contributed by atoms with Crippen molar-refractivity contribution in [3.8, 4) is 0 Å². The van der Waals surface area contributed by atoms with Gasteiger partial charge in [-0.2, -0.15) is 0 Å². The summed E-state index contributed by atoms with van der Waals surface area (Å²) in [5.74, 6) is 0. The van der Waals surface area contributed by atoms with E-state index in [-0.39, 0.29) is 0 Å². The molecule has 0 fully saturated rings. The van der Waals surface area contributed by atoms with Crippen molar-refractivity contribution >= 4 is 23.9 Å². The maximum atomic E-state index is 15.4. The highest BCUT2D eigenvalue weighted by Crippen LogP contribution is 2.44. The molecule has 2 N–H and O–H groups in total. The number of nitrogens with zero attached hydrogens (tertiary/aromatic N) is 2. The van der Waals surface area contributed by atoms with E-state index < -0.39 is 6.97 Å². The quantitative estimate of drug-likeness (QED) is 0.616. The molecule has 3 heterocycles. The van der Waals surface area contributed by atoms with Crippen LogP contribution in [0.5, 0.6) is 0 Å². The Kier molecular flexibility index (Phi) is 3.14. The van der Waals surface area contributed by atoms with Crippen LogP contribution in [0.15, 0.2) is 47.7 Å². The molecule has 1 aromatic carbocycles. The summed E-state index contributed by atoms with van der Waals surface area (Å²) in [5, 5.41) is 0. The molecule has 0 unspecified atom stereocenters. The van der Waals surface area contributed by atoms with Crippen LogP contribution in [-0.2, 0) is 0 Å². The molecule has 3 nitrogen and oxygen atoms in total. The van der Waals surface area contributed by atoms with E-state index >= 15 is 8.63 Å². The second-order valence-electron chi connectivity index (χ2n) is 6.96. The molecule has 2 aliphatic heterocycles. The molecule has 25 heavy (non-hydrogen) atoms. The minimum atomic E-state index is -3.92. The predicted octanol–water partition coefficient (Wildman–Crippen LogP) is 4.12. The van der Waals surface area contributed by atoms with E-state index in [1.807, 2.05) is 50.3 Å². The van der Waals surface area contributed by atoms with E-state index in [4.69, 9.17) is 5.73 Å². The lowest BCUT2D eigenvalue weighted by atomic mass is 9.84. The number of benzene rings is 1. The Labute approximate surface area is 145 Å². The average Bonchev–Trinajstić information content (AvgIpc) is 2.99. The summed E-state index contributed by atoms with van der Waals surface area (Å²) in [6.45, 7) is 3.34. The second-order valence-corrected chi connectivity index (χ2v) is 6.96. The van der Waals surface area contributed by atoms with E-state index in [1.165, 1.54) is 8.96 Å². The van der Waals surface area contributed by atoms with E-state index in [1.54, 1.807) is 13.8 Å². The molecule has 0 bridgehead atoms. The molecule has 0 aliphatic carbocycles. The first kappa shape index (κ1) is 15.9. The molecule has 6 heteroatoms. The van der Waals surface area contributed by atoms with Crippen molar-refractivity contribution in [2.75, 3.05) is 5.73 Å². The van der Waals surface area contributed by atoms with Gasteiger partial charge in [-0.25, -0.2) is 0 Å². The molecule has 1 aromatic heterocycles. The fourth-order valence-corrected chi connectivity index (χ4v) is 4.22. The third-order valence-electron chi connectivity index (χ3n) is 5.13. The van der Waals surface area contributed by atoms with Crippen LogP contribution < -0.4 is 5.73 Å². The highest BCUT2D eigenvalue weighted by molar-refractivity contribution is 6.58. The Morgan fingerprint density at radius 3 is 2.32 bits per heavy atom. The van der Waals surface area contributed by atoms with Crippen LogP contribution in [0, 0.1) is 13.8 Å². The molecule has 0 saturated heterocycles. The number of anilines is 1. The van der Waals surface area contributed by atoms with Crippen molar-refractivity contribution in [1.29, 1.82) is 0 Å². The summed E-state index contributed by atoms with van der Waals surface area (Å²) < 4.78 is 33.3. The minimum absolute atomic E-state index is 0.571. The molecule has 4 rings (SSSR count). The molecule has 0 atom stereocenters. The topological polar surface area (TPSA) is 34.0 Å². The Morgan fingerprint density at radius 1 is 1.04 bits per heavy atom. The second kappa shape index (κ2) is 4.94. The molecule has 2 aliphatic rings. The van der Waals surface area contributed by atoms with Crippen molar-refractivity contribution in [2.24, 2.45) is 0 Å². The maximum absolute atomic E-state index is 15.4. The van der Waals surface area contributed by atoms with Crippen LogP contribution >= 0.6 is 0 Å². The molecule has 0 amide bonds. The van der Waals surface area contributed by atoms with Crippen LogP contribution in [0.1, 0.15) is 36.4 Å². The molecular formula is C19H20BF2N3. The van der Waals surface area contributed by atoms with Gasteiger partial charge in [-0.15, -0.1) is 0 Å². The van der Waals surface area contributed by atoms with Crippen molar-refractivity contribution in [3.05, 3.63) is 70.2 Å². The van der Waals surface area contributed by atoms with Crippen LogP contribution in [0.25, 0.3) is 5.57 Å². The van der Waals surface area contributed by atoms with E-state index in [0.717, 1.165) is 22.3 Å². The van der Waals surface area contributed by atoms with Gasteiger partial charge in [0.25, 0.3) is 0 Å². The van der Waals surface area contributed by atoms with Crippen molar-refractivity contribution in [3.63, 3.8) is 0 Å². The molecular weight excluding hydrogens is 319 g/mol. The average molecular weight is 339 g/mol. The third kappa shape index (κ3) is 2.00. The zero-order valence-corrected chi connectivity index (χ0v) is 14.8. The van der Waals surface area contributed by atoms with Gasteiger partial charge in [-0.05, 0) is 55.8 Å². The standard InChI is InChI=1S/C19H20BF2N3/c1-11-9-13(3)24-18(11)17(15-5-7-16(23)8-6-15)19-12(2)10-14(4)25(19)20(24,21)22/h5-10H,23H2,1-4H3. The number of fused-ring (bicyclic) bond motifs is 2. The van der Waals surface area contributed by atoms with Gasteiger partial charge in [-0.1, -0.05) is 12.1 Å². The van der Waals surface area contributed by atoms with Crippen LogP contribution in [0.3, 0.4) is 0 Å². The Morgan fingerprint density at radius 2 is 1.68 bits per heavy atom. The van der Waals surface area contributed by atoms with E-state index in [9.17, 15) is 0 Å². The molecule has 0 saturated carbocycles. The van der Waals surface area contributed by atoms with Crippen molar-refractivity contribution < 1.29 is 13.1 Å². The first-order valence-electron chi connectivity index (χ1n) is 8.36. The molecule has 0 radical (unpaired) electrons. The summed E-state index contributed by atoms with van der Waals surface area (Å²) in [6, 6.07) is 9.26. The lowest BCUT2D eigenvalue weighted by molar-refractivity contribution is -0.363. The lowest BCUT2D eigenvalue weighted by Gasteiger charge is -2.34. The number of nitrogen functional groups attached to an aromatic ring is 1. The number of allylic oxidation sites excluding steroid dienone is 2. The SMILES string of the molecule is CC1=CC(C)=[N+]2C1=C(c1ccc(N)cc1)c1c(C)cc(C)n1[B-]2(F)F. The minimum Gasteiger partial charge on any atom is -0.399 e. The van der Waals surface area contributed by atoms with Crippen molar-refractivity contribution in [2.45, 2.75) is 27.7 Å². The first-order valence-corrected chi connectivity index (χ1v) is 8.36. The number of hydrogen-bond acceptors (Lipinski definition) is 1. The lowest BCUT2D eigenvalue weighted by Crippen LogP contribution is -2.51. The smallest absolute Gasteiger partial charge is 0.399 e. The van der Waals surface area contributed by atoms with Crippen LogP contribution in [-0.4, -0.2) is 21.6 Å². The maximum Gasteiger partial charge on any atom is 0.737 e. The van der Waals surface area contributed by atoms with E-state index in [2.05, 4.69) is 0 Å². The molecule has 2 aromatic rings. The third-order valence-corrected chi connectivity index (χ3v) is 5.13. The van der Waals surface area contributed by atoms with Gasteiger partial charge in [0.2, 0.25) is 0 Å². The molecule has 0 spiro atoms. The van der Waals surface area contributed by atoms with Gasteiger partial charge in [0.15, 0.2) is 5.70 Å². The Bertz CT molecular complexity index is 1010. The van der Waals surface area contributed by atoms with E-state index in [0.29, 0.717) is 28.5 Å². The fraction of sp³-hybridized carbons (Fsp3) is 0.211. The van der Waals surface area contributed by atoms with Crippen molar-refractivity contribution in [1.82, 2.24) is 4.48 Å². The Hall–Kier alpha value is -2.63. The summed E-state index contributed by atoms with van der Waals surface area (Å²) in [7, 11) is 0. The number of nitrogens with two attached hydrogens (primary N) is 1. The number of rotatable bonds is 1. The van der Waals surface area contributed by atoms with Gasteiger partial charge < -0.3 is 23.3 Å². The number of aromatic nitrogens is 1. The monoisotopic (exact) mass is 339 g/mol. The van der Waals surface area contributed by atoms with Gasteiger partial charge >= 0.3 is 6.97 Å². The zero-order valence-electron chi connectivity index (χ0n) is 14.8. The molecule has 128 valence electrons. The highest BCUT2D eigenvalue weighted by atomic mass is 19.2. The zero-order chi connectivity index (χ0) is 18.1. The number of halogens is 2. The van der Waals surface area contributed by atoms with Gasteiger partial charge in [0.05, 0.1) is 5.57 Å². The van der Waals surface area contributed by atoms with Crippen LogP contribution in [0.2, 0.25) is 0 Å². The summed E-state index contributed by atoms with van der Waals surface area (Å²) in [5.41, 5.74) is 12.3. The summed E-state index contributed by atoms with van der Waals surface area (Å²) in [6.07, 6.45) is 1.83. The first-order chi connectivity index (χ1) is 11.7. The summed E-state index contributed by atoms with van der Waals surface area (Å²) >= 11 is 0. The Balaban J connectivity index is 2.17. The summed E-state index contributed by atoms with van der Waals surface area (Å²) in [4.78, 5) is 0. The van der Waals surface area contributed by atoms with Gasteiger partial charge in [0, 0.05) is 30.0 Å². The number of aryl methyl sites for hydroxylation is 2. The van der Waals surface area contributed by atoms with Crippen LogP contribution in [0.4, 0.5) is 14.3 Å². The number of hydrogen-bond donors (Lipinski definition) is 1. The largest absolute Gasteiger partial charge is 0.737 e.